The van der Waals surface area contributed by atoms with Crippen LogP contribution in [0.4, 0.5) is 0 Å². The average molecular weight is 313 g/mol. The second-order valence-corrected chi connectivity index (χ2v) is 6.41. The summed E-state index contributed by atoms with van der Waals surface area (Å²) in [7, 11) is 0. The van der Waals surface area contributed by atoms with Gasteiger partial charge in [-0.25, -0.2) is 4.79 Å². The summed E-state index contributed by atoms with van der Waals surface area (Å²) in [5.74, 6) is 0.800. The van der Waals surface area contributed by atoms with Crippen LogP contribution in [-0.4, -0.2) is 35.0 Å². The molecule has 2 atom stereocenters. The molecule has 0 aliphatic carbocycles. The third-order valence-electron chi connectivity index (χ3n) is 4.42. The summed E-state index contributed by atoms with van der Waals surface area (Å²) >= 11 is 0. The van der Waals surface area contributed by atoms with Gasteiger partial charge in [0.05, 0.1) is 23.6 Å². The second-order valence-electron chi connectivity index (χ2n) is 6.41. The predicted octanol–water partition coefficient (Wildman–Crippen LogP) is 2.58. The van der Waals surface area contributed by atoms with Crippen LogP contribution in [0.2, 0.25) is 0 Å². The molecular weight excluding hydrogens is 292 g/mol. The molecule has 2 aliphatic rings. The first-order valence-electron chi connectivity index (χ1n) is 7.97. The SMILES string of the molecule is CCO[C@@H]1[C@@H]([N+]2=CCCC2=O)c2cc(C#N)ccc2OC1(C)C. The number of benzene rings is 1. The molecule has 3 rings (SSSR count). The first-order chi connectivity index (χ1) is 11.0. The molecule has 120 valence electrons. The lowest BCUT2D eigenvalue weighted by Crippen LogP contribution is -2.53. The predicted molar refractivity (Wildman–Crippen MR) is 84.6 cm³/mol. The fourth-order valence-electron chi connectivity index (χ4n) is 3.42. The van der Waals surface area contributed by atoms with Gasteiger partial charge >= 0.3 is 5.91 Å². The molecule has 1 amide bonds. The highest BCUT2D eigenvalue weighted by molar-refractivity contribution is 5.80. The van der Waals surface area contributed by atoms with E-state index in [1.807, 2.05) is 33.1 Å². The molecule has 2 aliphatic heterocycles. The van der Waals surface area contributed by atoms with Crippen molar-refractivity contribution >= 4 is 12.1 Å². The Morgan fingerprint density at radius 3 is 2.87 bits per heavy atom. The van der Waals surface area contributed by atoms with Crippen molar-refractivity contribution in [3.8, 4) is 11.8 Å². The van der Waals surface area contributed by atoms with Crippen LogP contribution in [0, 0.1) is 11.3 Å². The molecule has 5 heteroatoms. The van der Waals surface area contributed by atoms with Gasteiger partial charge in [-0.15, -0.1) is 0 Å². The minimum Gasteiger partial charge on any atom is -0.484 e. The van der Waals surface area contributed by atoms with Crippen LogP contribution >= 0.6 is 0 Å². The Morgan fingerprint density at radius 1 is 1.48 bits per heavy atom. The molecule has 0 unspecified atom stereocenters. The molecule has 0 radical (unpaired) electrons. The summed E-state index contributed by atoms with van der Waals surface area (Å²) in [6.45, 7) is 6.41. The Morgan fingerprint density at radius 2 is 2.26 bits per heavy atom. The van der Waals surface area contributed by atoms with Gasteiger partial charge in [0, 0.05) is 13.0 Å². The van der Waals surface area contributed by atoms with E-state index in [0.29, 0.717) is 24.3 Å². The van der Waals surface area contributed by atoms with Gasteiger partial charge in [-0.3, -0.25) is 0 Å². The van der Waals surface area contributed by atoms with E-state index in [1.165, 1.54) is 0 Å². The van der Waals surface area contributed by atoms with Crippen LogP contribution in [0.15, 0.2) is 18.2 Å². The monoisotopic (exact) mass is 313 g/mol. The molecule has 2 heterocycles. The van der Waals surface area contributed by atoms with Crippen LogP contribution in [0.1, 0.15) is 50.8 Å². The van der Waals surface area contributed by atoms with Crippen LogP contribution < -0.4 is 4.74 Å². The van der Waals surface area contributed by atoms with Gasteiger partial charge in [-0.2, -0.15) is 9.84 Å². The lowest BCUT2D eigenvalue weighted by molar-refractivity contribution is -0.508. The van der Waals surface area contributed by atoms with E-state index in [9.17, 15) is 10.1 Å². The minimum atomic E-state index is -0.571. The van der Waals surface area contributed by atoms with Crippen LogP contribution in [0.5, 0.6) is 5.75 Å². The minimum absolute atomic E-state index is 0.0886. The van der Waals surface area contributed by atoms with Crippen molar-refractivity contribution in [2.24, 2.45) is 0 Å². The smallest absolute Gasteiger partial charge is 0.387 e. The van der Waals surface area contributed by atoms with E-state index in [2.05, 4.69) is 6.07 Å². The molecule has 0 bridgehead atoms. The number of hydrogen-bond donors (Lipinski definition) is 0. The fraction of sp³-hybridized carbons (Fsp3) is 0.500. The molecule has 5 nitrogen and oxygen atoms in total. The zero-order valence-corrected chi connectivity index (χ0v) is 13.7. The summed E-state index contributed by atoms with van der Waals surface area (Å²) in [6.07, 6.45) is 2.89. The van der Waals surface area contributed by atoms with E-state index in [-0.39, 0.29) is 18.1 Å². The van der Waals surface area contributed by atoms with E-state index < -0.39 is 5.60 Å². The van der Waals surface area contributed by atoms with Crippen LogP contribution in [0.3, 0.4) is 0 Å². The summed E-state index contributed by atoms with van der Waals surface area (Å²) in [4.78, 5) is 12.3. The van der Waals surface area contributed by atoms with Crippen molar-refractivity contribution in [1.29, 1.82) is 5.26 Å². The van der Waals surface area contributed by atoms with Crippen molar-refractivity contribution in [3.63, 3.8) is 0 Å². The van der Waals surface area contributed by atoms with Gasteiger partial charge in [0.2, 0.25) is 6.04 Å². The van der Waals surface area contributed by atoms with E-state index >= 15 is 0 Å². The normalized spacial score (nSPS) is 25.3. The topological polar surface area (TPSA) is 62.3 Å². The maximum atomic E-state index is 12.3. The summed E-state index contributed by atoms with van der Waals surface area (Å²) in [6, 6.07) is 7.25. The van der Waals surface area contributed by atoms with Gasteiger partial charge in [0.15, 0.2) is 6.10 Å². The Kier molecular flexibility index (Phi) is 3.95. The van der Waals surface area contributed by atoms with Crippen molar-refractivity contribution in [2.75, 3.05) is 6.61 Å². The zero-order chi connectivity index (χ0) is 16.6. The number of fused-ring (bicyclic) bond motifs is 1. The van der Waals surface area contributed by atoms with Crippen molar-refractivity contribution in [3.05, 3.63) is 29.3 Å². The highest BCUT2D eigenvalue weighted by atomic mass is 16.6. The number of carbonyl (C=O) groups excluding carboxylic acids is 1. The largest absolute Gasteiger partial charge is 0.484 e. The first kappa shape index (κ1) is 15.7. The van der Waals surface area contributed by atoms with Gasteiger partial charge in [0.1, 0.15) is 17.6 Å². The summed E-state index contributed by atoms with van der Waals surface area (Å²) < 4.78 is 13.9. The molecule has 1 aromatic rings. The van der Waals surface area contributed by atoms with Gasteiger partial charge in [-0.1, -0.05) is 0 Å². The first-order valence-corrected chi connectivity index (χ1v) is 7.97. The standard InChI is InChI=1S/C18H21N2O3/c1-4-22-17-16(20-9-5-6-15(20)21)13-10-12(11-19)7-8-14(13)23-18(17,2)3/h7-10,16-17H,4-6H2,1-3H3/q+1/t16-,17+/m0/s1. The number of amides is 1. The van der Waals surface area contributed by atoms with Crippen molar-refractivity contribution in [2.45, 2.75) is 51.4 Å². The highest BCUT2D eigenvalue weighted by Gasteiger charge is 2.52. The molecule has 0 fully saturated rings. The van der Waals surface area contributed by atoms with Gasteiger partial charge in [-0.05, 0) is 39.0 Å². The number of carbonyl (C=O) groups is 1. The van der Waals surface area contributed by atoms with Crippen molar-refractivity contribution < 1.29 is 18.8 Å². The molecule has 0 saturated heterocycles. The van der Waals surface area contributed by atoms with Gasteiger partial charge in [0.25, 0.3) is 0 Å². The summed E-state index contributed by atoms with van der Waals surface area (Å²) in [5, 5.41) is 9.20. The number of rotatable bonds is 3. The molecule has 0 saturated carbocycles. The third kappa shape index (κ3) is 2.64. The molecule has 23 heavy (non-hydrogen) atoms. The second kappa shape index (κ2) is 5.78. The zero-order valence-electron chi connectivity index (χ0n) is 13.7. The Balaban J connectivity index is 2.17. The Labute approximate surface area is 136 Å². The van der Waals surface area contributed by atoms with Crippen LogP contribution in [0.25, 0.3) is 0 Å². The average Bonchev–Trinajstić information content (AvgIpc) is 2.93. The Hall–Kier alpha value is -2.19. The molecule has 0 N–H and O–H groups in total. The van der Waals surface area contributed by atoms with E-state index in [1.54, 1.807) is 16.7 Å². The Bertz CT molecular complexity index is 715. The molecule has 0 aromatic heterocycles. The lowest BCUT2D eigenvalue weighted by Gasteiger charge is -2.41. The maximum Gasteiger partial charge on any atom is 0.387 e. The molecular formula is C18H21N2O3+. The quantitative estimate of drug-likeness (QED) is 0.805. The number of hydrogen-bond acceptors (Lipinski definition) is 4. The number of nitrogens with zero attached hydrogens (tertiary/aromatic N) is 2. The van der Waals surface area contributed by atoms with E-state index in [0.717, 1.165) is 12.0 Å². The highest BCUT2D eigenvalue weighted by Crippen LogP contribution is 2.44. The number of ether oxygens (including phenoxy) is 2. The lowest BCUT2D eigenvalue weighted by atomic mass is 9.85. The van der Waals surface area contributed by atoms with Gasteiger partial charge < -0.3 is 9.47 Å². The van der Waals surface area contributed by atoms with Crippen molar-refractivity contribution in [1.82, 2.24) is 0 Å². The van der Waals surface area contributed by atoms with Crippen LogP contribution in [-0.2, 0) is 9.53 Å². The summed E-state index contributed by atoms with van der Waals surface area (Å²) in [5.41, 5.74) is 0.825. The van der Waals surface area contributed by atoms with E-state index in [4.69, 9.17) is 9.47 Å². The molecule has 1 aromatic carbocycles. The number of nitriles is 1. The molecule has 0 spiro atoms. The maximum absolute atomic E-state index is 12.3. The third-order valence-corrected chi connectivity index (χ3v) is 4.42. The fourth-order valence-corrected chi connectivity index (χ4v) is 3.42.